The van der Waals surface area contributed by atoms with Crippen LogP contribution in [0.4, 0.5) is 11.4 Å². The molecule has 1 aromatic carbocycles. The first kappa shape index (κ1) is 12.7. The fourth-order valence-electron chi connectivity index (χ4n) is 2.60. The Morgan fingerprint density at radius 3 is 2.78 bits per heavy atom. The zero-order chi connectivity index (χ0) is 13.1. The summed E-state index contributed by atoms with van der Waals surface area (Å²) in [5, 5.41) is 8.85. The van der Waals surface area contributed by atoms with Crippen LogP contribution in [0.3, 0.4) is 0 Å². The molecule has 0 amide bonds. The van der Waals surface area contributed by atoms with Gasteiger partial charge in [-0.25, -0.2) is 0 Å². The molecule has 0 spiro atoms. The maximum Gasteiger partial charge on any atom is 0.0992 e. The molecule has 1 unspecified atom stereocenters. The van der Waals surface area contributed by atoms with E-state index in [-0.39, 0.29) is 0 Å². The number of nitriles is 1. The lowest BCUT2D eigenvalue weighted by atomic mass is 10.1. The summed E-state index contributed by atoms with van der Waals surface area (Å²) in [5.74, 6) is 0. The van der Waals surface area contributed by atoms with Crippen molar-refractivity contribution < 1.29 is 0 Å². The second kappa shape index (κ2) is 5.28. The van der Waals surface area contributed by atoms with Crippen LogP contribution in [0.5, 0.6) is 0 Å². The van der Waals surface area contributed by atoms with Gasteiger partial charge in [-0.15, -0.1) is 0 Å². The summed E-state index contributed by atoms with van der Waals surface area (Å²) in [6.45, 7) is 8.59. The van der Waals surface area contributed by atoms with E-state index in [1.54, 1.807) is 6.07 Å². The highest BCUT2D eigenvalue weighted by atomic mass is 15.3. The first-order valence-corrected chi connectivity index (χ1v) is 6.44. The van der Waals surface area contributed by atoms with Gasteiger partial charge < -0.3 is 10.6 Å². The van der Waals surface area contributed by atoms with E-state index in [0.717, 1.165) is 31.9 Å². The van der Waals surface area contributed by atoms with E-state index in [1.165, 1.54) is 0 Å². The van der Waals surface area contributed by atoms with Crippen molar-refractivity contribution in [2.24, 2.45) is 0 Å². The van der Waals surface area contributed by atoms with Gasteiger partial charge in [0.1, 0.15) is 0 Å². The number of hydrogen-bond acceptors (Lipinski definition) is 4. The Kier molecular flexibility index (Phi) is 3.73. The minimum atomic E-state index is 0.541. The minimum Gasteiger partial charge on any atom is -0.397 e. The van der Waals surface area contributed by atoms with Crippen LogP contribution < -0.4 is 10.6 Å². The van der Waals surface area contributed by atoms with E-state index < -0.39 is 0 Å². The number of nitrogen functional groups attached to an aromatic ring is 1. The molecule has 0 aromatic heterocycles. The van der Waals surface area contributed by atoms with Crippen LogP contribution in [-0.2, 0) is 0 Å². The van der Waals surface area contributed by atoms with E-state index in [9.17, 15) is 0 Å². The van der Waals surface area contributed by atoms with Gasteiger partial charge in [-0.3, -0.25) is 4.90 Å². The fourth-order valence-corrected chi connectivity index (χ4v) is 2.60. The highest BCUT2D eigenvalue weighted by molar-refractivity contribution is 5.69. The molecule has 1 aromatic rings. The molecule has 1 saturated heterocycles. The molecule has 1 aliphatic heterocycles. The van der Waals surface area contributed by atoms with Gasteiger partial charge in [0.25, 0.3) is 0 Å². The molecule has 1 aliphatic rings. The van der Waals surface area contributed by atoms with Gasteiger partial charge >= 0.3 is 0 Å². The molecular formula is C14H20N4. The number of likely N-dealkylation sites (N-methyl/N-ethyl adjacent to an activating group) is 1. The predicted octanol–water partition coefficient (Wildman–Crippen LogP) is 1.67. The maximum atomic E-state index is 8.85. The van der Waals surface area contributed by atoms with Crippen LogP contribution in [0.1, 0.15) is 19.4 Å². The van der Waals surface area contributed by atoms with Crippen molar-refractivity contribution in [3.05, 3.63) is 23.8 Å². The molecule has 4 nitrogen and oxygen atoms in total. The average Bonchev–Trinajstić information content (AvgIpc) is 2.38. The number of piperazine rings is 1. The number of benzene rings is 1. The van der Waals surface area contributed by atoms with Gasteiger partial charge in [0.2, 0.25) is 0 Å². The quantitative estimate of drug-likeness (QED) is 0.804. The van der Waals surface area contributed by atoms with Crippen molar-refractivity contribution in [2.75, 3.05) is 36.8 Å². The van der Waals surface area contributed by atoms with Crippen LogP contribution in [-0.4, -0.2) is 37.1 Å². The summed E-state index contributed by atoms with van der Waals surface area (Å²) in [6, 6.07) is 8.21. The van der Waals surface area contributed by atoms with E-state index in [0.29, 0.717) is 17.3 Å². The number of rotatable bonds is 2. The van der Waals surface area contributed by atoms with Crippen molar-refractivity contribution >= 4 is 11.4 Å². The normalized spacial score (nSPS) is 20.7. The Bertz CT molecular complexity index is 463. The molecule has 4 heteroatoms. The van der Waals surface area contributed by atoms with Gasteiger partial charge in [0, 0.05) is 25.7 Å². The summed E-state index contributed by atoms with van der Waals surface area (Å²) in [5.41, 5.74) is 8.41. The van der Waals surface area contributed by atoms with E-state index in [4.69, 9.17) is 11.0 Å². The Morgan fingerprint density at radius 2 is 2.22 bits per heavy atom. The molecule has 1 atom stereocenters. The van der Waals surface area contributed by atoms with Gasteiger partial charge in [-0.2, -0.15) is 5.26 Å². The summed E-state index contributed by atoms with van der Waals surface area (Å²) < 4.78 is 0. The molecule has 1 fully saturated rings. The average molecular weight is 244 g/mol. The van der Waals surface area contributed by atoms with Crippen molar-refractivity contribution in [3.8, 4) is 6.07 Å². The zero-order valence-corrected chi connectivity index (χ0v) is 11.1. The third-order valence-corrected chi connectivity index (χ3v) is 3.67. The molecule has 1 heterocycles. The van der Waals surface area contributed by atoms with Crippen molar-refractivity contribution in [1.29, 1.82) is 5.26 Å². The zero-order valence-electron chi connectivity index (χ0n) is 11.1. The van der Waals surface area contributed by atoms with Crippen LogP contribution in [0.15, 0.2) is 18.2 Å². The van der Waals surface area contributed by atoms with Gasteiger partial charge in [0.05, 0.1) is 23.0 Å². The molecule has 2 N–H and O–H groups in total. The third kappa shape index (κ3) is 2.41. The molecular weight excluding hydrogens is 224 g/mol. The predicted molar refractivity (Wildman–Crippen MR) is 74.5 cm³/mol. The molecule has 96 valence electrons. The SMILES string of the molecule is CCN1CCN(c2ccc(C#N)cc2N)CC1C. The molecule has 0 aliphatic carbocycles. The molecule has 0 saturated carbocycles. The largest absolute Gasteiger partial charge is 0.397 e. The molecule has 18 heavy (non-hydrogen) atoms. The molecule has 0 bridgehead atoms. The van der Waals surface area contributed by atoms with E-state index in [2.05, 4.69) is 29.7 Å². The number of anilines is 2. The summed E-state index contributed by atoms with van der Waals surface area (Å²) >= 11 is 0. The Hall–Kier alpha value is -1.73. The first-order chi connectivity index (χ1) is 8.65. The fraction of sp³-hybridized carbons (Fsp3) is 0.500. The van der Waals surface area contributed by atoms with Crippen LogP contribution in [0.2, 0.25) is 0 Å². The van der Waals surface area contributed by atoms with E-state index >= 15 is 0 Å². The minimum absolute atomic E-state index is 0.541. The lowest BCUT2D eigenvalue weighted by molar-refractivity contribution is 0.199. The Morgan fingerprint density at radius 1 is 1.44 bits per heavy atom. The second-order valence-electron chi connectivity index (χ2n) is 4.81. The lowest BCUT2D eigenvalue weighted by Crippen LogP contribution is -2.51. The van der Waals surface area contributed by atoms with Crippen molar-refractivity contribution in [3.63, 3.8) is 0 Å². The topological polar surface area (TPSA) is 56.3 Å². The standard InChI is InChI=1S/C14H20N4/c1-3-17-6-7-18(10-11(17)2)14-5-4-12(9-15)8-13(14)16/h4-5,8,11H,3,6-7,10,16H2,1-2H3. The van der Waals surface area contributed by atoms with E-state index in [1.807, 2.05) is 12.1 Å². The van der Waals surface area contributed by atoms with Crippen LogP contribution in [0, 0.1) is 11.3 Å². The van der Waals surface area contributed by atoms with Crippen LogP contribution in [0.25, 0.3) is 0 Å². The first-order valence-electron chi connectivity index (χ1n) is 6.44. The summed E-state index contributed by atoms with van der Waals surface area (Å²) in [7, 11) is 0. The number of hydrogen-bond donors (Lipinski definition) is 1. The highest BCUT2D eigenvalue weighted by Gasteiger charge is 2.23. The maximum absolute atomic E-state index is 8.85. The Balaban J connectivity index is 2.16. The second-order valence-corrected chi connectivity index (χ2v) is 4.81. The lowest BCUT2D eigenvalue weighted by Gasteiger charge is -2.40. The number of nitrogens with zero attached hydrogens (tertiary/aromatic N) is 3. The number of nitrogens with two attached hydrogens (primary N) is 1. The third-order valence-electron chi connectivity index (χ3n) is 3.67. The molecule has 2 rings (SSSR count). The van der Waals surface area contributed by atoms with Gasteiger partial charge in [-0.05, 0) is 31.7 Å². The smallest absolute Gasteiger partial charge is 0.0992 e. The Labute approximate surface area is 109 Å². The van der Waals surface area contributed by atoms with Gasteiger partial charge in [-0.1, -0.05) is 6.92 Å². The monoisotopic (exact) mass is 244 g/mol. The summed E-state index contributed by atoms with van der Waals surface area (Å²) in [4.78, 5) is 4.78. The van der Waals surface area contributed by atoms with Crippen molar-refractivity contribution in [1.82, 2.24) is 4.90 Å². The highest BCUT2D eigenvalue weighted by Crippen LogP contribution is 2.26. The van der Waals surface area contributed by atoms with Crippen molar-refractivity contribution in [2.45, 2.75) is 19.9 Å². The summed E-state index contributed by atoms with van der Waals surface area (Å²) in [6.07, 6.45) is 0. The molecule has 0 radical (unpaired) electrons. The van der Waals surface area contributed by atoms with Gasteiger partial charge in [0.15, 0.2) is 0 Å². The van der Waals surface area contributed by atoms with Crippen LogP contribution >= 0.6 is 0 Å².